The quantitative estimate of drug-likeness (QED) is 0.609. The van der Waals surface area contributed by atoms with Gasteiger partial charge in [-0.05, 0) is 42.5 Å². The summed E-state index contributed by atoms with van der Waals surface area (Å²) >= 11 is 1.78. The van der Waals surface area contributed by atoms with Gasteiger partial charge in [0.05, 0.1) is 0 Å². The van der Waals surface area contributed by atoms with Crippen LogP contribution in [0.15, 0.2) is 41.0 Å². The summed E-state index contributed by atoms with van der Waals surface area (Å²) in [5.74, 6) is 0.774. The van der Waals surface area contributed by atoms with Crippen LogP contribution >= 0.6 is 11.3 Å². The third-order valence-corrected chi connectivity index (χ3v) is 5.23. The molecule has 6 nitrogen and oxygen atoms in total. The molecule has 2 N–H and O–H groups in total. The largest absolute Gasteiger partial charge is 0.357 e. The maximum Gasteiger partial charge on any atom is 0.244 e. The van der Waals surface area contributed by atoms with Crippen molar-refractivity contribution >= 4 is 23.2 Å². The molecule has 0 aromatic carbocycles. The molecule has 3 heterocycles. The molecule has 25 heavy (non-hydrogen) atoms. The fourth-order valence-corrected chi connectivity index (χ4v) is 3.76. The average molecular weight is 359 g/mol. The molecule has 2 aromatic rings. The van der Waals surface area contributed by atoms with E-state index in [2.05, 4.69) is 31.6 Å². The molecule has 0 bridgehead atoms. The molecule has 0 radical (unpaired) electrons. The van der Waals surface area contributed by atoms with Crippen molar-refractivity contribution in [1.29, 1.82) is 0 Å². The van der Waals surface area contributed by atoms with E-state index in [0.29, 0.717) is 12.5 Å². The van der Waals surface area contributed by atoms with Crippen LogP contribution in [-0.4, -0.2) is 47.5 Å². The van der Waals surface area contributed by atoms with Gasteiger partial charge in [0, 0.05) is 50.0 Å². The fraction of sp³-hybridized carbons (Fsp3) is 0.444. The second-order valence-electron chi connectivity index (χ2n) is 5.98. The van der Waals surface area contributed by atoms with E-state index < -0.39 is 0 Å². The Hall–Kier alpha value is -2.28. The van der Waals surface area contributed by atoms with E-state index in [1.807, 2.05) is 36.4 Å². The van der Waals surface area contributed by atoms with Gasteiger partial charge in [0.25, 0.3) is 0 Å². The van der Waals surface area contributed by atoms with Crippen LogP contribution in [0.5, 0.6) is 0 Å². The number of aromatic nitrogens is 1. The Labute approximate surface area is 152 Å². The highest BCUT2D eigenvalue weighted by Gasteiger charge is 2.21. The highest BCUT2D eigenvalue weighted by molar-refractivity contribution is 7.10. The molecule has 0 atom stereocenters. The second-order valence-corrected chi connectivity index (χ2v) is 6.98. The van der Waals surface area contributed by atoms with Crippen molar-refractivity contribution < 1.29 is 4.79 Å². The molecule has 1 amide bonds. The predicted molar refractivity (Wildman–Crippen MR) is 102 cm³/mol. The van der Waals surface area contributed by atoms with Crippen LogP contribution in [0.1, 0.15) is 17.4 Å². The molecule has 0 fully saturated rings. The lowest BCUT2D eigenvalue weighted by Crippen LogP contribution is -2.41. The first kappa shape index (κ1) is 17.5. The number of hydrogen-bond acceptors (Lipinski definition) is 3. The number of rotatable bonds is 6. The van der Waals surface area contributed by atoms with Crippen LogP contribution in [-0.2, 0) is 24.3 Å². The Kier molecular flexibility index (Phi) is 6.11. The Bertz CT molecular complexity index is 707. The maximum atomic E-state index is 12.5. The van der Waals surface area contributed by atoms with Crippen molar-refractivity contribution in [3.8, 4) is 0 Å². The number of carbonyl (C=O) groups excluding carboxylic acids is 1. The number of thiophene rings is 1. The van der Waals surface area contributed by atoms with Crippen LogP contribution in [0.3, 0.4) is 0 Å². The van der Waals surface area contributed by atoms with Gasteiger partial charge in [-0.15, -0.1) is 11.3 Å². The van der Waals surface area contributed by atoms with Crippen LogP contribution in [0.25, 0.3) is 0 Å². The fourth-order valence-electron chi connectivity index (χ4n) is 2.87. The second kappa shape index (κ2) is 8.71. The molecule has 7 heteroatoms. The van der Waals surface area contributed by atoms with Crippen LogP contribution < -0.4 is 10.6 Å². The van der Waals surface area contributed by atoms with Gasteiger partial charge in [-0.25, -0.2) is 4.99 Å². The lowest BCUT2D eigenvalue weighted by molar-refractivity contribution is -0.130. The maximum absolute atomic E-state index is 12.5. The topological polar surface area (TPSA) is 61.7 Å². The van der Waals surface area contributed by atoms with E-state index >= 15 is 0 Å². The van der Waals surface area contributed by atoms with Crippen molar-refractivity contribution in [1.82, 2.24) is 20.1 Å². The minimum Gasteiger partial charge on any atom is -0.357 e. The first-order chi connectivity index (χ1) is 12.3. The molecular weight excluding hydrogens is 334 g/mol. The molecule has 0 unspecified atom stereocenters. The Morgan fingerprint density at radius 1 is 1.32 bits per heavy atom. The number of fused-ring (bicyclic) bond motifs is 1. The van der Waals surface area contributed by atoms with Gasteiger partial charge in [-0.1, -0.05) is 0 Å². The molecule has 3 rings (SSSR count). The normalized spacial score (nSPS) is 14.3. The van der Waals surface area contributed by atoms with Crippen LogP contribution in [0, 0.1) is 0 Å². The minimum absolute atomic E-state index is 0.0828. The molecule has 0 saturated carbocycles. The molecule has 134 valence electrons. The lowest BCUT2D eigenvalue weighted by Gasteiger charge is -2.26. The van der Waals surface area contributed by atoms with E-state index in [0.717, 1.165) is 32.6 Å². The highest BCUT2D eigenvalue weighted by atomic mass is 32.1. The zero-order valence-corrected chi connectivity index (χ0v) is 15.4. The van der Waals surface area contributed by atoms with Gasteiger partial charge in [-0.3, -0.25) is 4.79 Å². The number of guanidine groups is 1. The molecule has 1 aliphatic rings. The number of hydrogen-bond donors (Lipinski definition) is 2. The average Bonchev–Trinajstić information content (AvgIpc) is 3.30. The molecule has 2 aromatic heterocycles. The third-order valence-electron chi connectivity index (χ3n) is 4.21. The number of aliphatic imine (C=N–C) groups is 1. The molecular formula is C18H25N5OS. The predicted octanol–water partition coefficient (Wildman–Crippen LogP) is 1.69. The van der Waals surface area contributed by atoms with Gasteiger partial charge in [0.1, 0.15) is 6.54 Å². The van der Waals surface area contributed by atoms with Gasteiger partial charge >= 0.3 is 0 Å². The molecule has 0 saturated heterocycles. The summed E-state index contributed by atoms with van der Waals surface area (Å²) in [7, 11) is 0. The van der Waals surface area contributed by atoms with Gasteiger partial charge in [0.2, 0.25) is 5.91 Å². The Morgan fingerprint density at radius 3 is 2.96 bits per heavy atom. The van der Waals surface area contributed by atoms with Gasteiger partial charge < -0.3 is 20.1 Å². The minimum atomic E-state index is 0.0828. The summed E-state index contributed by atoms with van der Waals surface area (Å²) in [6.07, 6.45) is 5.02. The summed E-state index contributed by atoms with van der Waals surface area (Å²) in [5.41, 5.74) is 1.28. The van der Waals surface area contributed by atoms with Crippen LogP contribution in [0.4, 0.5) is 0 Å². The summed E-state index contributed by atoms with van der Waals surface area (Å²) in [6, 6.07) is 6.14. The molecule has 1 aliphatic heterocycles. The van der Waals surface area contributed by atoms with Gasteiger partial charge in [0.15, 0.2) is 5.96 Å². The lowest BCUT2D eigenvalue weighted by atomic mass is 10.1. The van der Waals surface area contributed by atoms with Gasteiger partial charge in [-0.2, -0.15) is 0 Å². The Balaban J connectivity index is 1.49. The smallest absolute Gasteiger partial charge is 0.244 e. The summed E-state index contributed by atoms with van der Waals surface area (Å²) in [4.78, 5) is 20.2. The number of amides is 1. The highest BCUT2D eigenvalue weighted by Crippen LogP contribution is 2.23. The summed E-state index contributed by atoms with van der Waals surface area (Å²) < 4.78 is 2.11. The van der Waals surface area contributed by atoms with Crippen molar-refractivity contribution in [2.24, 2.45) is 4.99 Å². The first-order valence-corrected chi connectivity index (χ1v) is 9.60. The standard InChI is InChI=1S/C18H25N5OS/c1-2-19-18(20-7-11-22-8-3-4-9-22)21-13-17(24)23-10-5-16-15(14-23)6-12-25-16/h3-4,6,8-9,12H,2,5,7,10-11,13-14H2,1H3,(H2,19,20,21). The number of nitrogens with one attached hydrogen (secondary N) is 2. The summed E-state index contributed by atoms with van der Waals surface area (Å²) in [5, 5.41) is 8.58. The van der Waals surface area contributed by atoms with Crippen molar-refractivity contribution in [2.75, 3.05) is 26.2 Å². The van der Waals surface area contributed by atoms with E-state index in [1.54, 1.807) is 11.3 Å². The van der Waals surface area contributed by atoms with Crippen molar-refractivity contribution in [3.63, 3.8) is 0 Å². The Morgan fingerprint density at radius 2 is 2.16 bits per heavy atom. The number of nitrogens with zero attached hydrogens (tertiary/aromatic N) is 3. The van der Waals surface area contributed by atoms with Crippen molar-refractivity contribution in [2.45, 2.75) is 26.4 Å². The molecule has 0 spiro atoms. The first-order valence-electron chi connectivity index (χ1n) is 8.72. The monoisotopic (exact) mass is 359 g/mol. The third kappa shape index (κ3) is 4.85. The molecule has 0 aliphatic carbocycles. The van der Waals surface area contributed by atoms with E-state index in [1.165, 1.54) is 10.4 Å². The summed E-state index contributed by atoms with van der Waals surface area (Å²) in [6.45, 7) is 6.09. The van der Waals surface area contributed by atoms with E-state index in [4.69, 9.17) is 0 Å². The zero-order chi connectivity index (χ0) is 17.5. The number of carbonyl (C=O) groups is 1. The zero-order valence-electron chi connectivity index (χ0n) is 14.6. The van der Waals surface area contributed by atoms with E-state index in [9.17, 15) is 4.79 Å². The van der Waals surface area contributed by atoms with Crippen molar-refractivity contribution in [3.05, 3.63) is 46.4 Å². The SMILES string of the molecule is CCNC(=NCC(=O)N1CCc2sccc2C1)NCCn1cccc1. The van der Waals surface area contributed by atoms with E-state index in [-0.39, 0.29) is 12.5 Å². The van der Waals surface area contributed by atoms with Crippen LogP contribution in [0.2, 0.25) is 0 Å².